The third kappa shape index (κ3) is 3.72. The van der Waals surface area contributed by atoms with Gasteiger partial charge in [0.25, 0.3) is 0 Å². The molecule has 0 unspecified atom stereocenters. The number of para-hydroxylation sites is 1. The van der Waals surface area contributed by atoms with Crippen molar-refractivity contribution in [1.82, 2.24) is 0 Å². The molecule has 4 heteroatoms. The van der Waals surface area contributed by atoms with Crippen LogP contribution in [-0.4, -0.2) is 19.0 Å². The van der Waals surface area contributed by atoms with Crippen LogP contribution in [0.3, 0.4) is 0 Å². The fourth-order valence-electron chi connectivity index (χ4n) is 1.66. The average Bonchev–Trinajstić information content (AvgIpc) is 2.30. The standard InChI is InChI=1S/C14H21ClN2O/c1-14(2,3)13(18)17(10-6-9-16)12-8-5-4-7-11(12)15/h4-5,7-8H,6,9-10,16H2,1-3H3. The van der Waals surface area contributed by atoms with Crippen LogP contribution >= 0.6 is 11.6 Å². The van der Waals surface area contributed by atoms with Crippen molar-refractivity contribution in [3.8, 4) is 0 Å². The summed E-state index contributed by atoms with van der Waals surface area (Å²) in [7, 11) is 0. The maximum atomic E-state index is 12.4. The van der Waals surface area contributed by atoms with E-state index in [1.165, 1.54) is 0 Å². The molecule has 1 rings (SSSR count). The number of nitrogens with zero attached hydrogens (tertiary/aromatic N) is 1. The summed E-state index contributed by atoms with van der Waals surface area (Å²) in [6.07, 6.45) is 0.757. The summed E-state index contributed by atoms with van der Waals surface area (Å²) in [6, 6.07) is 7.39. The molecule has 0 heterocycles. The zero-order valence-electron chi connectivity index (χ0n) is 11.2. The molecule has 2 N–H and O–H groups in total. The summed E-state index contributed by atoms with van der Waals surface area (Å²) in [5.41, 5.74) is 5.85. The van der Waals surface area contributed by atoms with Gasteiger partial charge in [-0.25, -0.2) is 0 Å². The molecule has 0 atom stereocenters. The van der Waals surface area contributed by atoms with Crippen LogP contribution < -0.4 is 10.6 Å². The first-order chi connectivity index (χ1) is 8.38. The number of benzene rings is 1. The lowest BCUT2D eigenvalue weighted by molar-refractivity contribution is -0.125. The molecule has 0 aliphatic heterocycles. The van der Waals surface area contributed by atoms with Gasteiger partial charge in [-0.05, 0) is 25.1 Å². The van der Waals surface area contributed by atoms with Gasteiger partial charge in [-0.2, -0.15) is 0 Å². The van der Waals surface area contributed by atoms with E-state index < -0.39 is 5.41 Å². The Kier molecular flexibility index (Phi) is 5.17. The second kappa shape index (κ2) is 6.21. The topological polar surface area (TPSA) is 46.3 Å². The third-order valence-corrected chi connectivity index (χ3v) is 2.94. The first kappa shape index (κ1) is 15.0. The molecule has 18 heavy (non-hydrogen) atoms. The summed E-state index contributed by atoms with van der Waals surface area (Å²) in [5.74, 6) is 0.0593. The van der Waals surface area contributed by atoms with Gasteiger partial charge in [-0.3, -0.25) is 4.79 Å². The monoisotopic (exact) mass is 268 g/mol. The summed E-state index contributed by atoms with van der Waals surface area (Å²) >= 11 is 6.17. The Hall–Kier alpha value is -1.06. The van der Waals surface area contributed by atoms with Crippen molar-refractivity contribution in [2.75, 3.05) is 18.0 Å². The molecule has 1 amide bonds. The SMILES string of the molecule is CC(C)(C)C(=O)N(CCCN)c1ccccc1Cl. The van der Waals surface area contributed by atoms with Crippen LogP contribution in [0.1, 0.15) is 27.2 Å². The van der Waals surface area contributed by atoms with Gasteiger partial charge < -0.3 is 10.6 Å². The number of hydrogen-bond donors (Lipinski definition) is 1. The Labute approximate surface area is 114 Å². The molecule has 0 saturated carbocycles. The minimum Gasteiger partial charge on any atom is -0.330 e. The Bertz CT molecular complexity index is 413. The molecule has 0 saturated heterocycles. The largest absolute Gasteiger partial charge is 0.330 e. The van der Waals surface area contributed by atoms with E-state index in [0.717, 1.165) is 12.1 Å². The Balaban J connectivity index is 3.06. The molecular formula is C14H21ClN2O. The number of anilines is 1. The van der Waals surface area contributed by atoms with E-state index in [1.54, 1.807) is 11.0 Å². The van der Waals surface area contributed by atoms with Gasteiger partial charge in [0.15, 0.2) is 0 Å². The van der Waals surface area contributed by atoms with Gasteiger partial charge >= 0.3 is 0 Å². The Morgan fingerprint density at radius 2 is 1.94 bits per heavy atom. The molecule has 1 aromatic carbocycles. The van der Waals surface area contributed by atoms with Crippen LogP contribution in [-0.2, 0) is 4.79 Å². The van der Waals surface area contributed by atoms with Gasteiger partial charge in [0.2, 0.25) is 5.91 Å². The van der Waals surface area contributed by atoms with Crippen LogP contribution in [0.2, 0.25) is 5.02 Å². The van der Waals surface area contributed by atoms with Gasteiger partial charge in [-0.1, -0.05) is 44.5 Å². The van der Waals surface area contributed by atoms with Crippen LogP contribution in [0.15, 0.2) is 24.3 Å². The highest BCUT2D eigenvalue weighted by atomic mass is 35.5. The molecular weight excluding hydrogens is 248 g/mol. The van der Waals surface area contributed by atoms with E-state index >= 15 is 0 Å². The maximum Gasteiger partial charge on any atom is 0.232 e. The number of rotatable bonds is 4. The highest BCUT2D eigenvalue weighted by Gasteiger charge is 2.28. The fraction of sp³-hybridized carbons (Fsp3) is 0.500. The van der Waals surface area contributed by atoms with Crippen molar-refractivity contribution < 1.29 is 4.79 Å². The zero-order chi connectivity index (χ0) is 13.8. The summed E-state index contributed by atoms with van der Waals surface area (Å²) in [6.45, 7) is 6.86. The number of hydrogen-bond acceptors (Lipinski definition) is 2. The normalized spacial score (nSPS) is 11.4. The van der Waals surface area contributed by atoms with Crippen molar-refractivity contribution in [3.05, 3.63) is 29.3 Å². The smallest absolute Gasteiger partial charge is 0.232 e. The summed E-state index contributed by atoms with van der Waals surface area (Å²) in [5, 5.41) is 0.590. The van der Waals surface area contributed by atoms with Gasteiger partial charge in [0.05, 0.1) is 10.7 Å². The molecule has 0 aliphatic rings. The highest BCUT2D eigenvalue weighted by molar-refractivity contribution is 6.33. The van der Waals surface area contributed by atoms with Gasteiger partial charge in [-0.15, -0.1) is 0 Å². The molecule has 0 radical (unpaired) electrons. The van der Waals surface area contributed by atoms with E-state index in [-0.39, 0.29) is 5.91 Å². The quantitative estimate of drug-likeness (QED) is 0.912. The van der Waals surface area contributed by atoms with E-state index in [1.807, 2.05) is 39.0 Å². The second-order valence-electron chi connectivity index (χ2n) is 5.30. The first-order valence-corrected chi connectivity index (χ1v) is 6.52. The minimum absolute atomic E-state index is 0.0593. The lowest BCUT2D eigenvalue weighted by Gasteiger charge is -2.30. The number of halogens is 1. The second-order valence-corrected chi connectivity index (χ2v) is 5.71. The molecule has 0 fully saturated rings. The number of carbonyl (C=O) groups excluding carboxylic acids is 1. The van der Waals surface area contributed by atoms with Crippen molar-refractivity contribution in [1.29, 1.82) is 0 Å². The van der Waals surface area contributed by atoms with E-state index in [9.17, 15) is 4.79 Å². The van der Waals surface area contributed by atoms with E-state index in [2.05, 4.69) is 0 Å². The molecule has 3 nitrogen and oxygen atoms in total. The molecule has 1 aromatic rings. The van der Waals surface area contributed by atoms with Gasteiger partial charge in [0, 0.05) is 12.0 Å². The van der Waals surface area contributed by atoms with Crippen molar-refractivity contribution >= 4 is 23.2 Å². The lowest BCUT2D eigenvalue weighted by atomic mass is 9.94. The zero-order valence-corrected chi connectivity index (χ0v) is 12.0. The molecule has 0 spiro atoms. The number of nitrogens with two attached hydrogens (primary N) is 1. The Morgan fingerprint density at radius 3 is 2.44 bits per heavy atom. The molecule has 0 aliphatic carbocycles. The number of amides is 1. The van der Waals surface area contributed by atoms with Crippen LogP contribution in [0, 0.1) is 5.41 Å². The minimum atomic E-state index is -0.437. The molecule has 0 bridgehead atoms. The van der Waals surface area contributed by atoms with Crippen molar-refractivity contribution in [2.45, 2.75) is 27.2 Å². The Morgan fingerprint density at radius 1 is 1.33 bits per heavy atom. The fourth-order valence-corrected chi connectivity index (χ4v) is 1.89. The van der Waals surface area contributed by atoms with Gasteiger partial charge in [0.1, 0.15) is 0 Å². The first-order valence-electron chi connectivity index (χ1n) is 6.14. The van der Waals surface area contributed by atoms with Crippen LogP contribution in [0.25, 0.3) is 0 Å². The lowest BCUT2D eigenvalue weighted by Crippen LogP contribution is -2.41. The van der Waals surface area contributed by atoms with Crippen molar-refractivity contribution in [2.24, 2.45) is 11.1 Å². The van der Waals surface area contributed by atoms with Crippen molar-refractivity contribution in [3.63, 3.8) is 0 Å². The van der Waals surface area contributed by atoms with Crippen LogP contribution in [0.4, 0.5) is 5.69 Å². The molecule has 0 aromatic heterocycles. The predicted octanol–water partition coefficient (Wildman–Crippen LogP) is 3.07. The average molecular weight is 269 g/mol. The summed E-state index contributed by atoms with van der Waals surface area (Å²) < 4.78 is 0. The third-order valence-electron chi connectivity index (χ3n) is 2.62. The highest BCUT2D eigenvalue weighted by Crippen LogP contribution is 2.29. The predicted molar refractivity (Wildman–Crippen MR) is 76.9 cm³/mol. The van der Waals surface area contributed by atoms with E-state index in [4.69, 9.17) is 17.3 Å². The summed E-state index contributed by atoms with van der Waals surface area (Å²) in [4.78, 5) is 14.2. The number of carbonyl (C=O) groups is 1. The molecule has 100 valence electrons. The van der Waals surface area contributed by atoms with Crippen LogP contribution in [0.5, 0.6) is 0 Å². The van der Waals surface area contributed by atoms with E-state index in [0.29, 0.717) is 18.1 Å². The maximum absolute atomic E-state index is 12.4.